The number of amides is 1. The summed E-state index contributed by atoms with van der Waals surface area (Å²) in [4.78, 5) is 12.3. The zero-order valence-electron chi connectivity index (χ0n) is 11.8. The summed E-state index contributed by atoms with van der Waals surface area (Å²) >= 11 is 0. The Morgan fingerprint density at radius 3 is 2.55 bits per heavy atom. The van der Waals surface area contributed by atoms with Gasteiger partial charge in [0.2, 0.25) is 0 Å². The van der Waals surface area contributed by atoms with E-state index in [2.05, 4.69) is 17.5 Å². The van der Waals surface area contributed by atoms with Gasteiger partial charge in [0, 0.05) is 17.8 Å². The molecule has 0 aromatic heterocycles. The maximum Gasteiger partial charge on any atom is 0.253 e. The van der Waals surface area contributed by atoms with Gasteiger partial charge in [0.25, 0.3) is 5.91 Å². The lowest BCUT2D eigenvalue weighted by molar-refractivity contribution is 0.0935. The van der Waals surface area contributed by atoms with Crippen LogP contribution in [0.25, 0.3) is 0 Å². The Morgan fingerprint density at radius 1 is 1.25 bits per heavy atom. The molecule has 0 fully saturated rings. The second-order valence-corrected chi connectivity index (χ2v) is 4.75. The maximum atomic E-state index is 12.3. The fourth-order valence-corrected chi connectivity index (χ4v) is 2.28. The van der Waals surface area contributed by atoms with Gasteiger partial charge in [0.1, 0.15) is 0 Å². The van der Waals surface area contributed by atoms with Crippen molar-refractivity contribution in [3.8, 4) is 11.5 Å². The minimum absolute atomic E-state index is 0.167. The zero-order chi connectivity index (χ0) is 14.5. The number of carbonyl (C=O) groups is 1. The number of methoxy groups -OCH3 is 2. The van der Waals surface area contributed by atoms with Crippen molar-refractivity contribution in [1.82, 2.24) is 5.32 Å². The summed E-state index contributed by atoms with van der Waals surface area (Å²) in [6, 6.07) is 3.39. The summed E-state index contributed by atoms with van der Waals surface area (Å²) in [5.74, 6) is 0.835. The van der Waals surface area contributed by atoms with Gasteiger partial charge in [-0.15, -0.1) is 0 Å². The molecule has 0 saturated carbocycles. The molecular weight excluding hydrogens is 256 g/mol. The van der Waals surface area contributed by atoms with Gasteiger partial charge in [-0.1, -0.05) is 12.2 Å². The molecule has 5 nitrogen and oxygen atoms in total. The quantitative estimate of drug-likeness (QED) is 0.652. The number of ether oxygens (including phenoxy) is 2. The highest BCUT2D eigenvalue weighted by Gasteiger charge is 2.18. The third-order valence-electron chi connectivity index (χ3n) is 3.40. The second-order valence-electron chi connectivity index (χ2n) is 4.75. The van der Waals surface area contributed by atoms with E-state index < -0.39 is 0 Å². The predicted molar refractivity (Wildman–Crippen MR) is 78.2 cm³/mol. The van der Waals surface area contributed by atoms with Crippen LogP contribution in [0, 0.1) is 0 Å². The number of hydrogen-bond acceptors (Lipinski definition) is 4. The Labute approximate surface area is 118 Å². The number of hydrogen-bond donors (Lipinski definition) is 2. The molecule has 1 aliphatic carbocycles. The van der Waals surface area contributed by atoms with Crippen molar-refractivity contribution >= 4 is 11.6 Å². The van der Waals surface area contributed by atoms with E-state index in [9.17, 15) is 4.79 Å². The lowest BCUT2D eigenvalue weighted by Gasteiger charge is -2.20. The highest BCUT2D eigenvalue weighted by Crippen LogP contribution is 2.32. The summed E-state index contributed by atoms with van der Waals surface area (Å²) in [6.45, 7) is 0. The Bertz CT molecular complexity index is 526. The van der Waals surface area contributed by atoms with Gasteiger partial charge in [-0.3, -0.25) is 4.79 Å². The molecule has 0 heterocycles. The van der Waals surface area contributed by atoms with Gasteiger partial charge in [-0.2, -0.15) is 0 Å². The molecule has 2 rings (SSSR count). The van der Waals surface area contributed by atoms with Crippen molar-refractivity contribution in [2.24, 2.45) is 0 Å². The largest absolute Gasteiger partial charge is 0.493 e. The van der Waals surface area contributed by atoms with Gasteiger partial charge in [-0.05, 0) is 25.3 Å². The van der Waals surface area contributed by atoms with Crippen molar-refractivity contribution in [3.05, 3.63) is 29.8 Å². The fourth-order valence-electron chi connectivity index (χ4n) is 2.28. The molecule has 5 heteroatoms. The molecule has 0 bridgehead atoms. The standard InChI is InChI=1S/C15H20N2O3/c1-19-13-8-11(12(16)9-14(13)20-2)15(18)17-10-6-4-3-5-7-10/h3-4,8-10H,5-7,16H2,1-2H3,(H,17,18). The number of nitrogens with one attached hydrogen (secondary N) is 1. The molecular formula is C15H20N2O3. The highest BCUT2D eigenvalue weighted by atomic mass is 16.5. The van der Waals surface area contributed by atoms with E-state index in [-0.39, 0.29) is 11.9 Å². The summed E-state index contributed by atoms with van der Waals surface area (Å²) in [6.07, 6.45) is 7.03. The molecule has 0 spiro atoms. The van der Waals surface area contributed by atoms with Crippen LogP contribution in [0.1, 0.15) is 29.6 Å². The van der Waals surface area contributed by atoms with E-state index in [1.165, 1.54) is 14.2 Å². The molecule has 1 aliphatic rings. The number of benzene rings is 1. The Balaban J connectivity index is 2.18. The van der Waals surface area contributed by atoms with E-state index in [1.54, 1.807) is 12.1 Å². The Morgan fingerprint density at radius 2 is 1.95 bits per heavy atom. The van der Waals surface area contributed by atoms with Gasteiger partial charge < -0.3 is 20.5 Å². The minimum atomic E-state index is -0.177. The number of rotatable bonds is 4. The van der Waals surface area contributed by atoms with Crippen molar-refractivity contribution in [2.75, 3.05) is 20.0 Å². The first-order valence-electron chi connectivity index (χ1n) is 6.63. The van der Waals surface area contributed by atoms with E-state index in [0.29, 0.717) is 22.7 Å². The lowest BCUT2D eigenvalue weighted by atomic mass is 10.0. The van der Waals surface area contributed by atoms with Crippen LogP contribution in [0.5, 0.6) is 11.5 Å². The SMILES string of the molecule is COc1cc(N)c(C(=O)NC2CC=CCC2)cc1OC. The topological polar surface area (TPSA) is 73.6 Å². The predicted octanol–water partition coefficient (Wildman–Crippen LogP) is 2.12. The number of carbonyl (C=O) groups excluding carboxylic acids is 1. The normalized spacial score (nSPS) is 17.6. The first kappa shape index (κ1) is 14.2. The third kappa shape index (κ3) is 3.04. The van der Waals surface area contributed by atoms with E-state index in [0.717, 1.165) is 19.3 Å². The summed E-state index contributed by atoms with van der Waals surface area (Å²) in [5, 5.41) is 3.00. The average molecular weight is 276 g/mol. The first-order chi connectivity index (χ1) is 9.65. The van der Waals surface area contributed by atoms with Crippen LogP contribution in [-0.4, -0.2) is 26.2 Å². The first-order valence-corrected chi connectivity index (χ1v) is 6.63. The summed E-state index contributed by atoms with van der Waals surface area (Å²) < 4.78 is 10.4. The number of nitrogens with two attached hydrogens (primary N) is 1. The second kappa shape index (κ2) is 6.32. The monoisotopic (exact) mass is 276 g/mol. The van der Waals surface area contributed by atoms with Crippen molar-refractivity contribution < 1.29 is 14.3 Å². The van der Waals surface area contributed by atoms with Crippen molar-refractivity contribution in [1.29, 1.82) is 0 Å². The van der Waals surface area contributed by atoms with Crippen LogP contribution in [0.15, 0.2) is 24.3 Å². The zero-order valence-corrected chi connectivity index (χ0v) is 11.8. The van der Waals surface area contributed by atoms with E-state index in [1.807, 2.05) is 0 Å². The van der Waals surface area contributed by atoms with Crippen molar-refractivity contribution in [3.63, 3.8) is 0 Å². The summed E-state index contributed by atoms with van der Waals surface area (Å²) in [5.41, 5.74) is 6.71. The molecule has 20 heavy (non-hydrogen) atoms. The number of allylic oxidation sites excluding steroid dienone is 1. The molecule has 108 valence electrons. The Hall–Kier alpha value is -2.17. The number of nitrogen functional groups attached to an aromatic ring is 1. The van der Waals surface area contributed by atoms with Gasteiger partial charge in [0.05, 0.1) is 19.8 Å². The van der Waals surface area contributed by atoms with Gasteiger partial charge in [-0.25, -0.2) is 0 Å². The molecule has 1 aromatic carbocycles. The minimum Gasteiger partial charge on any atom is -0.493 e. The Kier molecular flexibility index (Phi) is 4.50. The van der Waals surface area contributed by atoms with Crippen LogP contribution >= 0.6 is 0 Å². The van der Waals surface area contributed by atoms with Crippen LogP contribution in [-0.2, 0) is 0 Å². The maximum absolute atomic E-state index is 12.3. The summed E-state index contributed by atoms with van der Waals surface area (Å²) in [7, 11) is 3.06. The molecule has 1 amide bonds. The highest BCUT2D eigenvalue weighted by molar-refractivity contribution is 6.00. The molecule has 1 atom stereocenters. The van der Waals surface area contributed by atoms with Crippen LogP contribution in [0.4, 0.5) is 5.69 Å². The average Bonchev–Trinajstić information content (AvgIpc) is 2.47. The third-order valence-corrected chi connectivity index (χ3v) is 3.40. The van der Waals surface area contributed by atoms with E-state index in [4.69, 9.17) is 15.2 Å². The van der Waals surface area contributed by atoms with Crippen LogP contribution in [0.3, 0.4) is 0 Å². The molecule has 0 radical (unpaired) electrons. The van der Waals surface area contributed by atoms with Gasteiger partial charge in [0.15, 0.2) is 11.5 Å². The van der Waals surface area contributed by atoms with Crippen molar-refractivity contribution in [2.45, 2.75) is 25.3 Å². The molecule has 0 saturated heterocycles. The lowest BCUT2D eigenvalue weighted by Crippen LogP contribution is -2.35. The smallest absolute Gasteiger partial charge is 0.253 e. The molecule has 0 aliphatic heterocycles. The van der Waals surface area contributed by atoms with E-state index >= 15 is 0 Å². The number of anilines is 1. The fraction of sp³-hybridized carbons (Fsp3) is 0.400. The molecule has 1 unspecified atom stereocenters. The molecule has 1 aromatic rings. The molecule has 3 N–H and O–H groups in total. The van der Waals surface area contributed by atoms with Crippen LogP contribution in [0.2, 0.25) is 0 Å². The van der Waals surface area contributed by atoms with Gasteiger partial charge >= 0.3 is 0 Å². The van der Waals surface area contributed by atoms with Crippen LogP contribution < -0.4 is 20.5 Å².